The molecule has 0 radical (unpaired) electrons. The Kier molecular flexibility index (Phi) is 4.79. The van der Waals surface area contributed by atoms with E-state index in [2.05, 4.69) is 34.7 Å². The highest BCUT2D eigenvalue weighted by Crippen LogP contribution is 2.20. The summed E-state index contributed by atoms with van der Waals surface area (Å²) in [5.41, 5.74) is -0.0169. The molecule has 1 aromatic heterocycles. The summed E-state index contributed by atoms with van der Waals surface area (Å²) in [6.45, 7) is 5.30. The molecule has 114 valence electrons. The molecule has 0 atom stereocenters. The fourth-order valence-electron chi connectivity index (χ4n) is 1.59. The van der Waals surface area contributed by atoms with Gasteiger partial charge in [-0.05, 0) is 12.5 Å². The van der Waals surface area contributed by atoms with Crippen molar-refractivity contribution in [2.75, 3.05) is 11.9 Å². The van der Waals surface area contributed by atoms with Crippen LogP contribution in [0.4, 0.5) is 24.9 Å². The van der Waals surface area contributed by atoms with E-state index in [1.807, 2.05) is 0 Å². The van der Waals surface area contributed by atoms with Crippen LogP contribution < -0.4 is 10.6 Å². The van der Waals surface area contributed by atoms with Gasteiger partial charge in [-0.1, -0.05) is 18.9 Å². The van der Waals surface area contributed by atoms with Gasteiger partial charge in [0.15, 0.2) is 17.5 Å². The van der Waals surface area contributed by atoms with Gasteiger partial charge in [0, 0.05) is 17.8 Å². The number of aromatic nitrogens is 2. The van der Waals surface area contributed by atoms with Crippen molar-refractivity contribution in [2.24, 2.45) is 5.92 Å². The SMILES string of the molecule is CC(C)CNCc1nnc(Nc2cc(F)c(F)c(F)c2)o1. The molecule has 0 fully saturated rings. The van der Waals surface area contributed by atoms with E-state index in [1.165, 1.54) is 0 Å². The van der Waals surface area contributed by atoms with Crippen molar-refractivity contribution < 1.29 is 17.6 Å². The van der Waals surface area contributed by atoms with Gasteiger partial charge in [0.05, 0.1) is 6.54 Å². The molecule has 2 N–H and O–H groups in total. The standard InChI is InChI=1S/C13H15F3N4O/c1-7(2)5-17-6-11-19-20-13(21-11)18-8-3-9(14)12(16)10(15)4-8/h3-4,7,17H,5-6H2,1-2H3,(H,18,20). The van der Waals surface area contributed by atoms with Crippen LogP contribution in [0.2, 0.25) is 0 Å². The van der Waals surface area contributed by atoms with Gasteiger partial charge in [-0.3, -0.25) is 0 Å². The quantitative estimate of drug-likeness (QED) is 0.803. The number of nitrogens with zero attached hydrogens (tertiary/aromatic N) is 2. The fraction of sp³-hybridized carbons (Fsp3) is 0.385. The summed E-state index contributed by atoms with van der Waals surface area (Å²) < 4.78 is 44.2. The molecule has 0 aliphatic rings. The van der Waals surface area contributed by atoms with Gasteiger partial charge in [-0.15, -0.1) is 5.10 Å². The molecular formula is C13H15F3N4O. The van der Waals surface area contributed by atoms with Gasteiger partial charge in [0.2, 0.25) is 5.89 Å². The molecule has 0 saturated carbocycles. The summed E-state index contributed by atoms with van der Waals surface area (Å²) >= 11 is 0. The van der Waals surface area contributed by atoms with Gasteiger partial charge in [-0.2, -0.15) is 0 Å². The maximum absolute atomic E-state index is 13.1. The predicted octanol–water partition coefficient (Wildman–Crippen LogP) is 2.98. The van der Waals surface area contributed by atoms with Crippen molar-refractivity contribution >= 4 is 11.7 Å². The molecule has 2 rings (SSSR count). The Balaban J connectivity index is 1.99. The second kappa shape index (κ2) is 6.57. The van der Waals surface area contributed by atoms with Crippen LogP contribution in [0.5, 0.6) is 0 Å². The summed E-state index contributed by atoms with van der Waals surface area (Å²) in [6.07, 6.45) is 0. The molecule has 8 heteroatoms. The van der Waals surface area contributed by atoms with Crippen LogP contribution in [0.1, 0.15) is 19.7 Å². The molecular weight excluding hydrogens is 285 g/mol. The Hall–Kier alpha value is -2.09. The van der Waals surface area contributed by atoms with Crippen LogP contribution in [-0.4, -0.2) is 16.7 Å². The summed E-state index contributed by atoms with van der Waals surface area (Å²) in [7, 11) is 0. The Morgan fingerprint density at radius 3 is 2.43 bits per heavy atom. The maximum atomic E-state index is 13.1. The molecule has 0 spiro atoms. The first kappa shape index (κ1) is 15.3. The second-order valence-corrected chi connectivity index (χ2v) is 4.90. The summed E-state index contributed by atoms with van der Waals surface area (Å²) in [5, 5.41) is 13.1. The zero-order chi connectivity index (χ0) is 15.4. The number of anilines is 2. The monoisotopic (exact) mass is 300 g/mol. The van der Waals surface area contributed by atoms with Gasteiger partial charge >= 0.3 is 6.01 Å². The third-order valence-corrected chi connectivity index (χ3v) is 2.53. The zero-order valence-corrected chi connectivity index (χ0v) is 11.6. The summed E-state index contributed by atoms with van der Waals surface area (Å²) in [4.78, 5) is 0. The van der Waals surface area contributed by atoms with E-state index in [9.17, 15) is 13.2 Å². The highest BCUT2D eigenvalue weighted by atomic mass is 19.2. The minimum Gasteiger partial charge on any atom is -0.406 e. The summed E-state index contributed by atoms with van der Waals surface area (Å²) in [5.74, 6) is -3.30. The predicted molar refractivity (Wildman–Crippen MR) is 70.4 cm³/mol. The third kappa shape index (κ3) is 4.19. The van der Waals surface area contributed by atoms with E-state index in [1.54, 1.807) is 0 Å². The number of benzene rings is 1. The highest BCUT2D eigenvalue weighted by Gasteiger charge is 2.12. The Morgan fingerprint density at radius 2 is 1.81 bits per heavy atom. The lowest BCUT2D eigenvalue weighted by Gasteiger charge is -2.04. The summed E-state index contributed by atoms with van der Waals surface area (Å²) in [6, 6.07) is 1.58. The van der Waals surface area contributed by atoms with Crippen molar-refractivity contribution in [3.8, 4) is 0 Å². The van der Waals surface area contributed by atoms with E-state index in [-0.39, 0.29) is 11.7 Å². The molecule has 1 aromatic carbocycles. The van der Waals surface area contributed by atoms with Crippen LogP contribution in [0.25, 0.3) is 0 Å². The van der Waals surface area contributed by atoms with Crippen molar-refractivity contribution in [2.45, 2.75) is 20.4 Å². The van der Waals surface area contributed by atoms with E-state index in [0.29, 0.717) is 18.4 Å². The van der Waals surface area contributed by atoms with Gasteiger partial charge in [-0.25, -0.2) is 13.2 Å². The minimum absolute atomic E-state index is 0.0169. The zero-order valence-electron chi connectivity index (χ0n) is 11.6. The first-order chi connectivity index (χ1) is 9.95. The van der Waals surface area contributed by atoms with Crippen LogP contribution in [0.15, 0.2) is 16.5 Å². The van der Waals surface area contributed by atoms with E-state index >= 15 is 0 Å². The van der Waals surface area contributed by atoms with Crippen LogP contribution in [0.3, 0.4) is 0 Å². The van der Waals surface area contributed by atoms with Gasteiger partial charge in [0.25, 0.3) is 0 Å². The molecule has 0 saturated heterocycles. The molecule has 1 heterocycles. The van der Waals surface area contributed by atoms with E-state index in [4.69, 9.17) is 4.42 Å². The first-order valence-electron chi connectivity index (χ1n) is 6.40. The van der Waals surface area contributed by atoms with Crippen LogP contribution in [0, 0.1) is 23.4 Å². The number of nitrogens with one attached hydrogen (secondary N) is 2. The molecule has 0 aliphatic heterocycles. The minimum atomic E-state index is -1.52. The lowest BCUT2D eigenvalue weighted by atomic mass is 10.2. The Morgan fingerprint density at radius 1 is 1.14 bits per heavy atom. The molecule has 0 unspecified atom stereocenters. The number of hydrogen-bond acceptors (Lipinski definition) is 5. The van der Waals surface area contributed by atoms with Crippen molar-refractivity contribution in [3.05, 3.63) is 35.5 Å². The first-order valence-corrected chi connectivity index (χ1v) is 6.40. The van der Waals surface area contributed by atoms with Crippen LogP contribution in [-0.2, 0) is 6.54 Å². The van der Waals surface area contributed by atoms with E-state index < -0.39 is 17.5 Å². The number of rotatable bonds is 6. The Bertz CT molecular complexity index is 592. The molecule has 2 aromatic rings. The molecule has 0 aliphatic carbocycles. The smallest absolute Gasteiger partial charge is 0.320 e. The van der Waals surface area contributed by atoms with Gasteiger partial charge < -0.3 is 15.1 Å². The average molecular weight is 300 g/mol. The third-order valence-electron chi connectivity index (χ3n) is 2.53. The molecule has 0 amide bonds. The average Bonchev–Trinajstić information content (AvgIpc) is 2.83. The Labute approximate surface area is 119 Å². The number of halogens is 3. The molecule has 21 heavy (non-hydrogen) atoms. The van der Waals surface area contributed by atoms with Crippen molar-refractivity contribution in [3.63, 3.8) is 0 Å². The molecule has 0 bridgehead atoms. The van der Waals surface area contributed by atoms with Crippen molar-refractivity contribution in [1.29, 1.82) is 0 Å². The van der Waals surface area contributed by atoms with E-state index in [0.717, 1.165) is 18.7 Å². The topological polar surface area (TPSA) is 63.0 Å². The highest BCUT2D eigenvalue weighted by molar-refractivity contribution is 5.52. The second-order valence-electron chi connectivity index (χ2n) is 4.90. The van der Waals surface area contributed by atoms with Crippen LogP contribution >= 0.6 is 0 Å². The lowest BCUT2D eigenvalue weighted by molar-refractivity contribution is 0.447. The maximum Gasteiger partial charge on any atom is 0.320 e. The fourth-order valence-corrected chi connectivity index (χ4v) is 1.59. The molecule has 5 nitrogen and oxygen atoms in total. The normalized spacial score (nSPS) is 11.1. The lowest BCUT2D eigenvalue weighted by Crippen LogP contribution is -2.19. The van der Waals surface area contributed by atoms with Crippen molar-refractivity contribution in [1.82, 2.24) is 15.5 Å². The number of hydrogen-bond donors (Lipinski definition) is 2. The largest absolute Gasteiger partial charge is 0.406 e. The van der Waals surface area contributed by atoms with Gasteiger partial charge in [0.1, 0.15) is 0 Å².